The summed E-state index contributed by atoms with van der Waals surface area (Å²) in [5.41, 5.74) is 3.74. The molecule has 3 heterocycles. The molecule has 3 aliphatic heterocycles. The van der Waals surface area contributed by atoms with Gasteiger partial charge in [0.25, 0.3) is 0 Å². The van der Waals surface area contributed by atoms with E-state index < -0.39 is 0 Å². The van der Waals surface area contributed by atoms with E-state index in [4.69, 9.17) is 9.47 Å². The molecule has 170 valence electrons. The van der Waals surface area contributed by atoms with Crippen LogP contribution in [0.25, 0.3) is 11.1 Å². The molecule has 0 saturated carbocycles. The number of fused-ring (bicyclic) bond motifs is 4. The van der Waals surface area contributed by atoms with Gasteiger partial charge < -0.3 is 14.8 Å². The second kappa shape index (κ2) is 8.07. The molecule has 6 heteroatoms. The average molecular weight is 439 g/mol. The number of carbonyl (C=O) groups is 1. The third kappa shape index (κ3) is 3.75. The van der Waals surface area contributed by atoms with Gasteiger partial charge in [-0.3, -0.25) is 4.90 Å². The van der Waals surface area contributed by atoms with Crippen molar-refractivity contribution in [3.05, 3.63) is 53.3 Å². The van der Waals surface area contributed by atoms with Crippen LogP contribution < -0.4 is 10.1 Å². The third-order valence-electron chi connectivity index (χ3n) is 7.48. The molecule has 5 nitrogen and oxygen atoms in total. The third-order valence-corrected chi connectivity index (χ3v) is 7.48. The Morgan fingerprint density at radius 1 is 1.19 bits per heavy atom. The Morgan fingerprint density at radius 3 is 2.66 bits per heavy atom. The molecule has 1 unspecified atom stereocenters. The molecule has 6 rings (SSSR count). The van der Waals surface area contributed by atoms with E-state index in [1.807, 2.05) is 18.2 Å². The van der Waals surface area contributed by atoms with Crippen molar-refractivity contribution < 1.29 is 18.7 Å². The van der Waals surface area contributed by atoms with E-state index >= 15 is 0 Å². The van der Waals surface area contributed by atoms with Crippen LogP contribution in [0.3, 0.4) is 0 Å². The van der Waals surface area contributed by atoms with Crippen molar-refractivity contribution in [2.45, 2.75) is 45.3 Å². The fraction of sp³-hybridized carbons (Fsp3) is 0.500. The topological polar surface area (TPSA) is 50.8 Å². The van der Waals surface area contributed by atoms with Gasteiger partial charge in [-0.05, 0) is 66.4 Å². The zero-order valence-corrected chi connectivity index (χ0v) is 19.0. The van der Waals surface area contributed by atoms with Crippen molar-refractivity contribution in [2.24, 2.45) is 11.3 Å². The van der Waals surface area contributed by atoms with E-state index in [-0.39, 0.29) is 35.2 Å². The van der Waals surface area contributed by atoms with Crippen LogP contribution in [0.15, 0.2) is 36.4 Å². The van der Waals surface area contributed by atoms with Gasteiger partial charge >= 0.3 is 6.09 Å². The van der Waals surface area contributed by atoms with Gasteiger partial charge in [0.1, 0.15) is 6.10 Å². The van der Waals surface area contributed by atoms with Gasteiger partial charge in [-0.15, -0.1) is 0 Å². The summed E-state index contributed by atoms with van der Waals surface area (Å²) in [6.07, 6.45) is 2.71. The molecular formula is C26H31FN2O3. The number of hydrogen-bond acceptors (Lipinski definition) is 4. The molecule has 0 spiro atoms. The second-order valence-electron chi connectivity index (χ2n) is 10.1. The number of piperidine rings is 3. The number of alkyl carbamates (subject to hydrolysis) is 1. The highest BCUT2D eigenvalue weighted by Gasteiger charge is 2.42. The van der Waals surface area contributed by atoms with Crippen LogP contribution in [-0.2, 0) is 11.2 Å². The zero-order chi connectivity index (χ0) is 22.5. The molecule has 4 aliphatic rings. The van der Waals surface area contributed by atoms with Crippen LogP contribution in [0.1, 0.15) is 43.9 Å². The van der Waals surface area contributed by atoms with Crippen molar-refractivity contribution in [3.8, 4) is 16.9 Å². The maximum absolute atomic E-state index is 14.2. The number of ether oxygens (including phenoxy) is 2. The van der Waals surface area contributed by atoms with Gasteiger partial charge in [0, 0.05) is 12.1 Å². The maximum atomic E-state index is 14.2. The Labute approximate surface area is 188 Å². The summed E-state index contributed by atoms with van der Waals surface area (Å²) in [5, 5.41) is 3.16. The quantitative estimate of drug-likeness (QED) is 0.734. The number of carbonyl (C=O) groups excluding carboxylic acids is 1. The first kappa shape index (κ1) is 21.3. The lowest BCUT2D eigenvalue weighted by atomic mass is 9.85. The minimum atomic E-state index is -0.374. The predicted octanol–water partition coefficient (Wildman–Crippen LogP) is 4.95. The number of nitrogens with zero attached hydrogens (tertiary/aromatic N) is 1. The smallest absolute Gasteiger partial charge is 0.407 e. The van der Waals surface area contributed by atoms with Crippen molar-refractivity contribution in [1.82, 2.24) is 10.2 Å². The highest BCUT2D eigenvalue weighted by Crippen LogP contribution is 2.47. The van der Waals surface area contributed by atoms with Gasteiger partial charge in [0.15, 0.2) is 11.6 Å². The number of para-hydroxylation sites is 1. The SMILES string of the molecule is COc1c(F)cccc1-c1ccc2c(c1)CC(C)(C)C2NC(=O)O[C@H]1CN2CCC1CC2. The van der Waals surface area contributed by atoms with Crippen molar-refractivity contribution >= 4 is 6.09 Å². The first-order chi connectivity index (χ1) is 15.4. The lowest BCUT2D eigenvalue weighted by molar-refractivity contribution is -0.0348. The minimum Gasteiger partial charge on any atom is -0.493 e. The summed E-state index contributed by atoms with van der Waals surface area (Å²) in [5.74, 6) is 0.361. The molecule has 32 heavy (non-hydrogen) atoms. The molecule has 2 aromatic carbocycles. The van der Waals surface area contributed by atoms with Crippen LogP contribution in [0, 0.1) is 17.2 Å². The molecular weight excluding hydrogens is 407 g/mol. The van der Waals surface area contributed by atoms with Crippen LogP contribution in [0.4, 0.5) is 9.18 Å². The Kier molecular flexibility index (Phi) is 5.36. The number of methoxy groups -OCH3 is 1. The first-order valence-corrected chi connectivity index (χ1v) is 11.5. The number of hydrogen-bond donors (Lipinski definition) is 1. The fourth-order valence-corrected chi connectivity index (χ4v) is 5.77. The Bertz CT molecular complexity index is 1030. The summed E-state index contributed by atoms with van der Waals surface area (Å²) >= 11 is 0. The highest BCUT2D eigenvalue weighted by molar-refractivity contribution is 5.73. The minimum absolute atomic E-state index is 0.00990. The average Bonchev–Trinajstić information content (AvgIpc) is 3.03. The van der Waals surface area contributed by atoms with E-state index in [0.29, 0.717) is 5.92 Å². The molecule has 1 aliphatic carbocycles. The molecule has 0 aromatic heterocycles. The molecule has 2 aromatic rings. The van der Waals surface area contributed by atoms with Gasteiger partial charge in [-0.2, -0.15) is 0 Å². The molecule has 2 bridgehead atoms. The summed E-state index contributed by atoms with van der Waals surface area (Å²) in [6, 6.07) is 10.9. The normalized spacial score (nSPS) is 27.6. The lowest BCUT2D eigenvalue weighted by Crippen LogP contribution is -2.53. The van der Waals surface area contributed by atoms with Crippen molar-refractivity contribution in [2.75, 3.05) is 26.7 Å². The van der Waals surface area contributed by atoms with E-state index in [1.165, 1.54) is 13.2 Å². The number of amides is 1. The van der Waals surface area contributed by atoms with Gasteiger partial charge in [0.2, 0.25) is 0 Å². The van der Waals surface area contributed by atoms with Crippen LogP contribution in [-0.4, -0.2) is 43.8 Å². The molecule has 3 fully saturated rings. The summed E-state index contributed by atoms with van der Waals surface area (Å²) < 4.78 is 25.4. The molecule has 1 amide bonds. The van der Waals surface area contributed by atoms with Gasteiger partial charge in [-0.25, -0.2) is 9.18 Å². The summed E-state index contributed by atoms with van der Waals surface area (Å²) in [4.78, 5) is 15.2. The number of benzene rings is 2. The molecule has 2 atom stereocenters. The molecule has 1 N–H and O–H groups in total. The first-order valence-electron chi connectivity index (χ1n) is 11.5. The Hall–Kier alpha value is -2.60. The zero-order valence-electron chi connectivity index (χ0n) is 19.0. The summed E-state index contributed by atoms with van der Waals surface area (Å²) in [7, 11) is 1.49. The lowest BCUT2D eigenvalue weighted by Gasteiger charge is -2.44. The van der Waals surface area contributed by atoms with Crippen LogP contribution >= 0.6 is 0 Å². The van der Waals surface area contributed by atoms with Gasteiger partial charge in [0.05, 0.1) is 13.2 Å². The second-order valence-corrected chi connectivity index (χ2v) is 10.1. The standard InChI is InChI=1S/C26H31FN2O3/c1-26(2)14-18-13-17(19-5-4-6-21(27)23(19)31-3)7-8-20(18)24(26)28-25(30)32-22-15-29-11-9-16(22)10-12-29/h4-8,13,16,22,24H,9-12,14-15H2,1-3H3,(H,28,30)/t22-,24?/m0/s1. The predicted molar refractivity (Wildman–Crippen MR) is 121 cm³/mol. The molecule has 3 saturated heterocycles. The Balaban J connectivity index is 1.36. The van der Waals surface area contributed by atoms with E-state index in [1.54, 1.807) is 6.07 Å². The molecule has 0 radical (unpaired) electrons. The number of halogens is 1. The van der Waals surface area contributed by atoms with Gasteiger partial charge in [-0.1, -0.05) is 44.2 Å². The monoisotopic (exact) mass is 438 g/mol. The van der Waals surface area contributed by atoms with E-state index in [9.17, 15) is 9.18 Å². The number of rotatable bonds is 4. The summed E-state index contributed by atoms with van der Waals surface area (Å²) in [6.45, 7) is 7.41. The maximum Gasteiger partial charge on any atom is 0.407 e. The van der Waals surface area contributed by atoms with Crippen LogP contribution in [0.2, 0.25) is 0 Å². The highest BCUT2D eigenvalue weighted by atomic mass is 19.1. The van der Waals surface area contributed by atoms with Crippen molar-refractivity contribution in [1.29, 1.82) is 0 Å². The largest absolute Gasteiger partial charge is 0.493 e. The van der Waals surface area contributed by atoms with E-state index in [2.05, 4.69) is 30.1 Å². The van der Waals surface area contributed by atoms with Crippen LogP contribution in [0.5, 0.6) is 5.75 Å². The van der Waals surface area contributed by atoms with E-state index in [0.717, 1.165) is 61.2 Å². The fourth-order valence-electron chi connectivity index (χ4n) is 5.77. The van der Waals surface area contributed by atoms with Crippen molar-refractivity contribution in [3.63, 3.8) is 0 Å². The Morgan fingerprint density at radius 2 is 1.97 bits per heavy atom. The number of nitrogens with one attached hydrogen (secondary N) is 1.